The standard InChI is InChI=1S/C17H21NO/c1-6-9-14(8-3)17(4,5)15-10-11-16(19-18)13(7-2)12-15/h6-12H,1-3,18H2,4-5H3/b14-9+. The van der Waals surface area contributed by atoms with E-state index in [4.69, 9.17) is 10.7 Å². The van der Waals surface area contributed by atoms with Crippen molar-refractivity contribution in [3.8, 4) is 5.75 Å². The average Bonchev–Trinajstić information content (AvgIpc) is 2.43. The second-order valence-electron chi connectivity index (χ2n) is 4.76. The summed E-state index contributed by atoms with van der Waals surface area (Å²) in [5, 5.41) is 0. The summed E-state index contributed by atoms with van der Waals surface area (Å²) in [5.74, 6) is 5.84. The third-order valence-corrected chi connectivity index (χ3v) is 3.32. The molecular weight excluding hydrogens is 234 g/mol. The van der Waals surface area contributed by atoms with E-state index in [-0.39, 0.29) is 5.41 Å². The van der Waals surface area contributed by atoms with Gasteiger partial charge in [-0.3, -0.25) is 0 Å². The van der Waals surface area contributed by atoms with Gasteiger partial charge in [0.05, 0.1) is 0 Å². The van der Waals surface area contributed by atoms with Crippen LogP contribution < -0.4 is 10.7 Å². The van der Waals surface area contributed by atoms with Gasteiger partial charge in [0, 0.05) is 11.0 Å². The maximum Gasteiger partial charge on any atom is 0.154 e. The van der Waals surface area contributed by atoms with E-state index < -0.39 is 0 Å². The Morgan fingerprint density at radius 2 is 1.95 bits per heavy atom. The van der Waals surface area contributed by atoms with Crippen molar-refractivity contribution >= 4 is 6.08 Å². The first-order chi connectivity index (χ1) is 9.01. The zero-order valence-corrected chi connectivity index (χ0v) is 11.6. The Bertz CT molecular complexity index is 524. The minimum Gasteiger partial charge on any atom is -0.411 e. The second-order valence-corrected chi connectivity index (χ2v) is 4.76. The molecular formula is C17H21NO. The van der Waals surface area contributed by atoms with Gasteiger partial charge in [-0.15, -0.1) is 0 Å². The van der Waals surface area contributed by atoms with Crippen LogP contribution in [-0.4, -0.2) is 0 Å². The molecule has 2 heteroatoms. The van der Waals surface area contributed by atoms with E-state index in [0.717, 1.165) is 16.7 Å². The molecule has 0 spiro atoms. The second kappa shape index (κ2) is 6.21. The van der Waals surface area contributed by atoms with Crippen molar-refractivity contribution in [2.45, 2.75) is 19.3 Å². The van der Waals surface area contributed by atoms with E-state index >= 15 is 0 Å². The van der Waals surface area contributed by atoms with Crippen LogP contribution in [0, 0.1) is 0 Å². The molecule has 0 unspecified atom stereocenters. The zero-order chi connectivity index (χ0) is 14.5. The van der Waals surface area contributed by atoms with Crippen LogP contribution in [0.1, 0.15) is 25.0 Å². The lowest BCUT2D eigenvalue weighted by atomic mass is 9.77. The lowest BCUT2D eigenvalue weighted by Gasteiger charge is -2.27. The molecule has 1 aromatic rings. The summed E-state index contributed by atoms with van der Waals surface area (Å²) < 4.78 is 0. The van der Waals surface area contributed by atoms with Crippen molar-refractivity contribution in [1.82, 2.24) is 0 Å². The number of hydrogen-bond acceptors (Lipinski definition) is 2. The maximum atomic E-state index is 5.23. The van der Waals surface area contributed by atoms with Gasteiger partial charge in [-0.2, -0.15) is 5.90 Å². The predicted molar refractivity (Wildman–Crippen MR) is 82.9 cm³/mol. The molecule has 0 radical (unpaired) electrons. The SMILES string of the molecule is C=C/C=C(\C=C)C(C)(C)c1ccc(ON)c(C=C)c1. The van der Waals surface area contributed by atoms with Crippen molar-refractivity contribution in [1.29, 1.82) is 0 Å². The molecule has 1 aromatic carbocycles. The Kier molecular flexibility index (Phi) is 4.90. The van der Waals surface area contributed by atoms with E-state index in [9.17, 15) is 0 Å². The van der Waals surface area contributed by atoms with Crippen LogP contribution in [0.4, 0.5) is 0 Å². The van der Waals surface area contributed by atoms with Crippen molar-refractivity contribution in [2.75, 3.05) is 0 Å². The minimum atomic E-state index is -0.180. The van der Waals surface area contributed by atoms with Crippen molar-refractivity contribution < 1.29 is 4.84 Å². The quantitative estimate of drug-likeness (QED) is 0.612. The molecule has 100 valence electrons. The van der Waals surface area contributed by atoms with E-state index in [2.05, 4.69) is 33.6 Å². The van der Waals surface area contributed by atoms with Crippen molar-refractivity contribution in [2.24, 2.45) is 5.90 Å². The largest absolute Gasteiger partial charge is 0.411 e. The molecule has 0 aliphatic rings. The van der Waals surface area contributed by atoms with Gasteiger partial charge in [-0.25, -0.2) is 0 Å². The van der Waals surface area contributed by atoms with Gasteiger partial charge in [0.2, 0.25) is 0 Å². The molecule has 0 amide bonds. The Balaban J connectivity index is 3.36. The third kappa shape index (κ3) is 3.04. The van der Waals surface area contributed by atoms with Crippen LogP contribution >= 0.6 is 0 Å². The smallest absolute Gasteiger partial charge is 0.154 e. The number of nitrogens with two attached hydrogens (primary N) is 1. The van der Waals surface area contributed by atoms with Gasteiger partial charge in [-0.05, 0) is 23.3 Å². The van der Waals surface area contributed by atoms with Crippen LogP contribution in [0.2, 0.25) is 0 Å². The number of benzene rings is 1. The molecule has 19 heavy (non-hydrogen) atoms. The van der Waals surface area contributed by atoms with E-state index in [1.54, 1.807) is 12.2 Å². The highest BCUT2D eigenvalue weighted by Gasteiger charge is 2.24. The van der Waals surface area contributed by atoms with Gasteiger partial charge >= 0.3 is 0 Å². The summed E-state index contributed by atoms with van der Waals surface area (Å²) in [6, 6.07) is 5.87. The van der Waals surface area contributed by atoms with E-state index in [1.165, 1.54) is 0 Å². The maximum absolute atomic E-state index is 5.23. The fourth-order valence-electron chi connectivity index (χ4n) is 2.03. The third-order valence-electron chi connectivity index (χ3n) is 3.32. The first kappa shape index (κ1) is 15.0. The van der Waals surface area contributed by atoms with Crippen LogP contribution in [0.5, 0.6) is 5.75 Å². The minimum absolute atomic E-state index is 0.180. The van der Waals surface area contributed by atoms with Crippen LogP contribution in [-0.2, 0) is 5.41 Å². The zero-order valence-electron chi connectivity index (χ0n) is 11.6. The average molecular weight is 255 g/mol. The Morgan fingerprint density at radius 1 is 1.26 bits per heavy atom. The predicted octanol–water partition coefficient (Wildman–Crippen LogP) is 4.16. The van der Waals surface area contributed by atoms with E-state index in [1.807, 2.05) is 30.4 Å². The van der Waals surface area contributed by atoms with Gasteiger partial charge in [-0.1, -0.05) is 64.0 Å². The topological polar surface area (TPSA) is 35.2 Å². The molecule has 0 bridgehead atoms. The van der Waals surface area contributed by atoms with Gasteiger partial charge in [0.1, 0.15) is 0 Å². The molecule has 1 rings (SSSR count). The molecule has 0 aliphatic heterocycles. The first-order valence-electron chi connectivity index (χ1n) is 6.10. The van der Waals surface area contributed by atoms with Crippen molar-refractivity contribution in [3.05, 3.63) is 72.9 Å². The summed E-state index contributed by atoms with van der Waals surface area (Å²) in [6.07, 6.45) is 7.31. The fraction of sp³-hybridized carbons (Fsp3) is 0.176. The molecule has 0 aromatic heterocycles. The summed E-state index contributed by atoms with van der Waals surface area (Å²) in [7, 11) is 0. The lowest BCUT2D eigenvalue weighted by molar-refractivity contribution is 0.333. The summed E-state index contributed by atoms with van der Waals surface area (Å²) in [6.45, 7) is 15.7. The molecule has 0 aliphatic carbocycles. The lowest BCUT2D eigenvalue weighted by Crippen LogP contribution is -2.19. The molecule has 0 saturated carbocycles. The van der Waals surface area contributed by atoms with Crippen molar-refractivity contribution in [3.63, 3.8) is 0 Å². The summed E-state index contributed by atoms with van der Waals surface area (Å²) in [4.78, 5) is 4.82. The molecule has 2 N–H and O–H groups in total. The monoisotopic (exact) mass is 255 g/mol. The molecule has 0 heterocycles. The summed E-state index contributed by atoms with van der Waals surface area (Å²) >= 11 is 0. The highest BCUT2D eigenvalue weighted by Crippen LogP contribution is 2.34. The van der Waals surface area contributed by atoms with Crippen LogP contribution in [0.25, 0.3) is 6.08 Å². The van der Waals surface area contributed by atoms with Gasteiger partial charge in [0.15, 0.2) is 5.75 Å². The number of hydrogen-bond donors (Lipinski definition) is 1. The summed E-state index contributed by atoms with van der Waals surface area (Å²) in [5.41, 5.74) is 2.92. The Morgan fingerprint density at radius 3 is 2.42 bits per heavy atom. The Hall–Kier alpha value is -2.06. The number of allylic oxidation sites excluding steroid dienone is 4. The van der Waals surface area contributed by atoms with Crippen LogP contribution in [0.15, 0.2) is 61.7 Å². The molecule has 0 saturated heterocycles. The normalized spacial score (nSPS) is 11.8. The fourth-order valence-corrected chi connectivity index (χ4v) is 2.03. The van der Waals surface area contributed by atoms with E-state index in [0.29, 0.717) is 5.75 Å². The molecule has 0 atom stereocenters. The highest BCUT2D eigenvalue weighted by molar-refractivity contribution is 5.58. The molecule has 2 nitrogen and oxygen atoms in total. The molecule has 0 fully saturated rings. The first-order valence-corrected chi connectivity index (χ1v) is 6.10. The van der Waals surface area contributed by atoms with Gasteiger partial charge in [0.25, 0.3) is 0 Å². The van der Waals surface area contributed by atoms with Crippen LogP contribution in [0.3, 0.4) is 0 Å². The van der Waals surface area contributed by atoms with Gasteiger partial charge < -0.3 is 4.84 Å². The number of rotatable bonds is 6. The Labute approximate surface area is 115 Å². The highest BCUT2D eigenvalue weighted by atomic mass is 16.6.